The first-order valence-electron chi connectivity index (χ1n) is 14.3. The molecule has 0 amide bonds. The Morgan fingerprint density at radius 1 is 0.442 bits per heavy atom. The first-order valence-corrected chi connectivity index (χ1v) is 14.3. The number of hydrogen-bond acceptors (Lipinski definition) is 5. The van der Waals surface area contributed by atoms with Crippen molar-refractivity contribution >= 4 is 0 Å². The van der Waals surface area contributed by atoms with Crippen LogP contribution < -0.4 is 0 Å². The summed E-state index contributed by atoms with van der Waals surface area (Å²) in [6, 6.07) is 43.7. The molecule has 0 radical (unpaired) electrons. The number of fused-ring (bicyclic) bond motifs is 3. The summed E-state index contributed by atoms with van der Waals surface area (Å²) in [7, 11) is 0. The van der Waals surface area contributed by atoms with Gasteiger partial charge in [0.05, 0.1) is 5.69 Å². The lowest BCUT2D eigenvalue weighted by Gasteiger charge is -2.12. The second-order valence-corrected chi connectivity index (χ2v) is 10.6. The normalized spacial score (nSPS) is 11.6. The molecule has 8 rings (SSSR count). The Morgan fingerprint density at radius 2 is 0.977 bits per heavy atom. The largest absolute Gasteiger partial charge is 0.244 e. The fourth-order valence-electron chi connectivity index (χ4n) is 5.84. The zero-order valence-corrected chi connectivity index (χ0v) is 23.2. The van der Waals surface area contributed by atoms with Crippen LogP contribution in [-0.4, -0.2) is 24.9 Å². The standard InChI is InChI=1S/C38H25N5/c1-3-10-25(11-4-1)27-14-7-16-29(20-27)37-41-36(26-12-5-2-6-13-26)42-38(43-37)30-17-8-15-28(21-30)32-18-9-19-33-34(32)22-31-23-39-24-40-35(31)33/h1-21,23-24H,22H2. The van der Waals surface area contributed by atoms with Gasteiger partial charge in [0.2, 0.25) is 0 Å². The third kappa shape index (κ3) is 4.67. The summed E-state index contributed by atoms with van der Waals surface area (Å²) >= 11 is 0. The molecule has 0 saturated carbocycles. The van der Waals surface area contributed by atoms with Crippen molar-refractivity contribution in [3.05, 3.63) is 151 Å². The maximum atomic E-state index is 5.03. The maximum absolute atomic E-state index is 5.03. The maximum Gasteiger partial charge on any atom is 0.164 e. The summed E-state index contributed by atoms with van der Waals surface area (Å²) < 4.78 is 0. The van der Waals surface area contributed by atoms with Crippen LogP contribution in [0.15, 0.2) is 140 Å². The van der Waals surface area contributed by atoms with Gasteiger partial charge in [-0.1, -0.05) is 115 Å². The van der Waals surface area contributed by atoms with Crippen LogP contribution >= 0.6 is 0 Å². The highest BCUT2D eigenvalue weighted by molar-refractivity contribution is 5.84. The van der Waals surface area contributed by atoms with E-state index < -0.39 is 0 Å². The summed E-state index contributed by atoms with van der Waals surface area (Å²) in [6.07, 6.45) is 4.37. The molecule has 0 aliphatic heterocycles. The van der Waals surface area contributed by atoms with Gasteiger partial charge in [-0.3, -0.25) is 0 Å². The molecule has 2 heterocycles. The number of hydrogen-bond donors (Lipinski definition) is 0. The summed E-state index contributed by atoms with van der Waals surface area (Å²) in [5.74, 6) is 1.92. The van der Waals surface area contributed by atoms with E-state index in [1.54, 1.807) is 6.33 Å². The molecule has 0 fully saturated rings. The minimum atomic E-state index is 0.637. The highest BCUT2D eigenvalue weighted by atomic mass is 15.0. The molecule has 1 aliphatic rings. The second-order valence-electron chi connectivity index (χ2n) is 10.6. The zero-order valence-electron chi connectivity index (χ0n) is 23.2. The third-order valence-electron chi connectivity index (χ3n) is 7.91. The number of aromatic nitrogens is 5. The highest BCUT2D eigenvalue weighted by Gasteiger charge is 2.23. The number of benzene rings is 5. The highest BCUT2D eigenvalue weighted by Crippen LogP contribution is 2.40. The van der Waals surface area contributed by atoms with Gasteiger partial charge in [-0.25, -0.2) is 24.9 Å². The van der Waals surface area contributed by atoms with E-state index >= 15 is 0 Å². The molecule has 5 aromatic carbocycles. The van der Waals surface area contributed by atoms with E-state index in [1.165, 1.54) is 16.7 Å². The van der Waals surface area contributed by atoms with E-state index in [0.29, 0.717) is 17.5 Å². The molecule has 43 heavy (non-hydrogen) atoms. The zero-order chi connectivity index (χ0) is 28.6. The Morgan fingerprint density at radius 3 is 1.70 bits per heavy atom. The van der Waals surface area contributed by atoms with Gasteiger partial charge < -0.3 is 0 Å². The lowest BCUT2D eigenvalue weighted by Crippen LogP contribution is -2.00. The van der Waals surface area contributed by atoms with Crippen molar-refractivity contribution in [2.24, 2.45) is 0 Å². The molecule has 0 unspecified atom stereocenters. The topological polar surface area (TPSA) is 64.5 Å². The van der Waals surface area contributed by atoms with Crippen molar-refractivity contribution in [1.29, 1.82) is 0 Å². The number of rotatable bonds is 5. The van der Waals surface area contributed by atoms with Crippen LogP contribution in [0.1, 0.15) is 11.1 Å². The summed E-state index contributed by atoms with van der Waals surface area (Å²) in [6.45, 7) is 0. The van der Waals surface area contributed by atoms with Crippen molar-refractivity contribution in [1.82, 2.24) is 24.9 Å². The first-order chi connectivity index (χ1) is 21.3. The van der Waals surface area contributed by atoms with Gasteiger partial charge >= 0.3 is 0 Å². The van der Waals surface area contributed by atoms with E-state index in [4.69, 9.17) is 15.0 Å². The van der Waals surface area contributed by atoms with Gasteiger partial charge in [0.25, 0.3) is 0 Å². The minimum absolute atomic E-state index is 0.637. The SMILES string of the molecule is c1ccc(-c2cccc(-c3nc(-c4ccccc4)nc(-c4cccc(-c5cccc6c5Cc5cncnc5-6)c4)n3)c2)cc1. The monoisotopic (exact) mass is 551 g/mol. The van der Waals surface area contributed by atoms with Crippen LogP contribution in [0.3, 0.4) is 0 Å². The molecule has 0 atom stereocenters. The van der Waals surface area contributed by atoms with E-state index in [9.17, 15) is 0 Å². The van der Waals surface area contributed by atoms with E-state index in [2.05, 4.69) is 101 Å². The van der Waals surface area contributed by atoms with Gasteiger partial charge in [0, 0.05) is 40.4 Å². The quantitative estimate of drug-likeness (QED) is 0.214. The number of nitrogens with zero attached hydrogens (tertiary/aromatic N) is 5. The second kappa shape index (κ2) is 10.5. The van der Waals surface area contributed by atoms with E-state index in [0.717, 1.165) is 51.1 Å². The third-order valence-corrected chi connectivity index (χ3v) is 7.91. The van der Waals surface area contributed by atoms with E-state index in [-0.39, 0.29) is 0 Å². The van der Waals surface area contributed by atoms with Crippen LogP contribution in [0.5, 0.6) is 0 Å². The van der Waals surface area contributed by atoms with E-state index in [1.807, 2.05) is 42.6 Å². The van der Waals surface area contributed by atoms with Crippen LogP contribution in [0.4, 0.5) is 0 Å². The molecular formula is C38H25N5. The molecule has 7 aromatic rings. The molecule has 0 saturated heterocycles. The predicted molar refractivity (Wildman–Crippen MR) is 171 cm³/mol. The lowest BCUT2D eigenvalue weighted by atomic mass is 9.95. The average molecular weight is 552 g/mol. The summed E-state index contributed by atoms with van der Waals surface area (Å²) in [4.78, 5) is 23.8. The van der Waals surface area contributed by atoms with Crippen molar-refractivity contribution in [3.63, 3.8) is 0 Å². The Bertz CT molecular complexity index is 2110. The molecule has 0 bridgehead atoms. The lowest BCUT2D eigenvalue weighted by molar-refractivity contribution is 1.07. The Labute approximate surface area is 249 Å². The van der Waals surface area contributed by atoms with Gasteiger partial charge in [0.15, 0.2) is 17.5 Å². The molecule has 202 valence electrons. The Kier molecular flexibility index (Phi) is 6.12. The van der Waals surface area contributed by atoms with Crippen molar-refractivity contribution < 1.29 is 0 Å². The van der Waals surface area contributed by atoms with Crippen LogP contribution in [-0.2, 0) is 6.42 Å². The Hall–Kier alpha value is -5.81. The van der Waals surface area contributed by atoms with Crippen molar-refractivity contribution in [2.75, 3.05) is 0 Å². The van der Waals surface area contributed by atoms with Crippen LogP contribution in [0.25, 0.3) is 67.7 Å². The van der Waals surface area contributed by atoms with Crippen LogP contribution in [0.2, 0.25) is 0 Å². The van der Waals surface area contributed by atoms with Crippen LogP contribution in [0, 0.1) is 0 Å². The predicted octanol–water partition coefficient (Wildman–Crippen LogP) is 8.57. The minimum Gasteiger partial charge on any atom is -0.244 e. The first kappa shape index (κ1) is 24.9. The molecule has 0 N–H and O–H groups in total. The molecule has 5 nitrogen and oxygen atoms in total. The molecule has 1 aliphatic carbocycles. The van der Waals surface area contributed by atoms with Gasteiger partial charge in [-0.05, 0) is 39.9 Å². The Balaban J connectivity index is 1.25. The average Bonchev–Trinajstić information content (AvgIpc) is 3.48. The molecule has 2 aromatic heterocycles. The molecular weight excluding hydrogens is 526 g/mol. The molecule has 0 spiro atoms. The van der Waals surface area contributed by atoms with Crippen molar-refractivity contribution in [3.8, 4) is 67.7 Å². The van der Waals surface area contributed by atoms with Gasteiger partial charge in [0.1, 0.15) is 6.33 Å². The molecule has 5 heteroatoms. The summed E-state index contributed by atoms with van der Waals surface area (Å²) in [5.41, 5.74) is 12.0. The van der Waals surface area contributed by atoms with Crippen molar-refractivity contribution in [2.45, 2.75) is 6.42 Å². The fraction of sp³-hybridized carbons (Fsp3) is 0.0263. The van der Waals surface area contributed by atoms with Gasteiger partial charge in [-0.15, -0.1) is 0 Å². The fourth-order valence-corrected chi connectivity index (χ4v) is 5.84. The summed E-state index contributed by atoms with van der Waals surface area (Å²) in [5, 5.41) is 0. The van der Waals surface area contributed by atoms with Gasteiger partial charge in [-0.2, -0.15) is 0 Å². The smallest absolute Gasteiger partial charge is 0.164 e.